The smallest absolute Gasteiger partial charge is 0.135 e. The molecule has 0 aliphatic rings. The molecule has 0 saturated heterocycles. The topological polar surface area (TPSA) is 34.1 Å². The average molecular weight is 372 g/mol. The van der Waals surface area contributed by atoms with E-state index in [2.05, 4.69) is 42.2 Å². The minimum Gasteiger partial charge on any atom is -0.495 e. The molecule has 0 radical (unpaired) electrons. The lowest BCUT2D eigenvalue weighted by Crippen LogP contribution is -1.96. The van der Waals surface area contributed by atoms with E-state index in [0.29, 0.717) is 0 Å². The summed E-state index contributed by atoms with van der Waals surface area (Å²) in [7, 11) is 1.64. The highest BCUT2D eigenvalue weighted by atomic mass is 79.9. The Morgan fingerprint density at radius 3 is 2.50 bits per heavy atom. The van der Waals surface area contributed by atoms with Gasteiger partial charge in [0.2, 0.25) is 0 Å². The first kappa shape index (κ1) is 13.4. The highest BCUT2D eigenvalue weighted by Gasteiger charge is 2.03. The van der Waals surface area contributed by atoms with E-state index >= 15 is 0 Å². The Balaban J connectivity index is 2.25. The molecule has 0 saturated carbocycles. The van der Waals surface area contributed by atoms with Crippen LogP contribution in [0.5, 0.6) is 5.75 Å². The molecule has 0 aliphatic carbocycles. The molecule has 3 nitrogen and oxygen atoms in total. The third kappa shape index (κ3) is 3.03. The second kappa shape index (κ2) is 5.71. The standard InChI is InChI=1S/C13H12Br2N2O/c1-8-10(14)5-6-13(16-8)17-9-3-4-11(15)12(7-9)18-2/h3-7H,1-2H3,(H,16,17). The maximum absolute atomic E-state index is 5.25. The molecule has 1 aromatic heterocycles. The summed E-state index contributed by atoms with van der Waals surface area (Å²) in [5.41, 5.74) is 1.88. The summed E-state index contributed by atoms with van der Waals surface area (Å²) in [6.45, 7) is 1.96. The first-order valence-corrected chi connectivity index (χ1v) is 6.92. The minimum atomic E-state index is 0.786. The fourth-order valence-electron chi connectivity index (χ4n) is 1.50. The number of aryl methyl sites for hydroxylation is 1. The fraction of sp³-hybridized carbons (Fsp3) is 0.154. The highest BCUT2D eigenvalue weighted by molar-refractivity contribution is 9.10. The zero-order valence-electron chi connectivity index (χ0n) is 10.00. The van der Waals surface area contributed by atoms with Crippen molar-refractivity contribution in [3.63, 3.8) is 0 Å². The largest absolute Gasteiger partial charge is 0.495 e. The zero-order chi connectivity index (χ0) is 13.1. The minimum absolute atomic E-state index is 0.786. The molecule has 2 aromatic rings. The molecule has 1 aromatic carbocycles. The molecule has 1 heterocycles. The number of halogens is 2. The molecule has 0 fully saturated rings. The van der Waals surface area contributed by atoms with Crippen LogP contribution in [0.4, 0.5) is 11.5 Å². The van der Waals surface area contributed by atoms with Crippen molar-refractivity contribution >= 4 is 43.4 Å². The van der Waals surface area contributed by atoms with Crippen LogP contribution in [0.3, 0.4) is 0 Å². The van der Waals surface area contributed by atoms with Gasteiger partial charge in [0.05, 0.1) is 17.3 Å². The fourth-order valence-corrected chi connectivity index (χ4v) is 2.13. The Morgan fingerprint density at radius 1 is 1.11 bits per heavy atom. The second-order valence-electron chi connectivity index (χ2n) is 3.74. The summed E-state index contributed by atoms with van der Waals surface area (Å²) >= 11 is 6.85. The summed E-state index contributed by atoms with van der Waals surface area (Å²) < 4.78 is 7.18. The van der Waals surface area contributed by atoms with Crippen LogP contribution in [-0.4, -0.2) is 12.1 Å². The molecule has 1 N–H and O–H groups in total. The number of pyridine rings is 1. The van der Waals surface area contributed by atoms with Gasteiger partial charge in [0.1, 0.15) is 11.6 Å². The SMILES string of the molecule is COc1cc(Nc2ccc(Br)c(C)n2)ccc1Br. The Kier molecular flexibility index (Phi) is 4.24. The maximum atomic E-state index is 5.25. The lowest BCUT2D eigenvalue weighted by molar-refractivity contribution is 0.412. The molecular weight excluding hydrogens is 360 g/mol. The van der Waals surface area contributed by atoms with E-state index in [4.69, 9.17) is 4.74 Å². The first-order valence-electron chi connectivity index (χ1n) is 5.34. The van der Waals surface area contributed by atoms with Crippen LogP contribution < -0.4 is 10.1 Å². The Morgan fingerprint density at radius 2 is 1.83 bits per heavy atom. The Hall–Kier alpha value is -1.07. The quantitative estimate of drug-likeness (QED) is 0.851. The van der Waals surface area contributed by atoms with E-state index in [-0.39, 0.29) is 0 Å². The number of benzene rings is 1. The van der Waals surface area contributed by atoms with Gasteiger partial charge < -0.3 is 10.1 Å². The van der Waals surface area contributed by atoms with Crippen LogP contribution >= 0.6 is 31.9 Å². The average Bonchev–Trinajstić information content (AvgIpc) is 2.36. The van der Waals surface area contributed by atoms with Crippen molar-refractivity contribution in [3.05, 3.63) is 45.0 Å². The number of hydrogen-bond donors (Lipinski definition) is 1. The van der Waals surface area contributed by atoms with Crippen molar-refractivity contribution in [2.75, 3.05) is 12.4 Å². The summed E-state index contributed by atoms with van der Waals surface area (Å²) in [5.74, 6) is 1.59. The molecule has 0 bridgehead atoms. The van der Waals surface area contributed by atoms with Gasteiger partial charge in [0.15, 0.2) is 0 Å². The normalized spacial score (nSPS) is 10.2. The summed E-state index contributed by atoms with van der Waals surface area (Å²) in [6.07, 6.45) is 0. The molecule has 0 aliphatic heterocycles. The van der Waals surface area contributed by atoms with Crippen molar-refractivity contribution in [1.29, 1.82) is 0 Å². The van der Waals surface area contributed by atoms with Gasteiger partial charge in [0, 0.05) is 16.2 Å². The van der Waals surface area contributed by atoms with Crippen LogP contribution in [0.15, 0.2) is 39.3 Å². The zero-order valence-corrected chi connectivity index (χ0v) is 13.2. The van der Waals surface area contributed by atoms with E-state index in [1.54, 1.807) is 7.11 Å². The Labute approximate surface area is 123 Å². The van der Waals surface area contributed by atoms with E-state index in [0.717, 1.165) is 31.9 Å². The Bertz CT molecular complexity index is 573. The number of anilines is 2. The number of rotatable bonds is 3. The second-order valence-corrected chi connectivity index (χ2v) is 5.45. The van der Waals surface area contributed by atoms with E-state index in [9.17, 15) is 0 Å². The van der Waals surface area contributed by atoms with Gasteiger partial charge >= 0.3 is 0 Å². The predicted octanol–water partition coefficient (Wildman–Crippen LogP) is 4.67. The number of hydrogen-bond acceptors (Lipinski definition) is 3. The summed E-state index contributed by atoms with van der Waals surface area (Å²) in [5, 5.41) is 3.24. The van der Waals surface area contributed by atoms with Gasteiger partial charge in [-0.1, -0.05) is 0 Å². The molecule has 94 valence electrons. The predicted molar refractivity (Wildman–Crippen MR) is 80.7 cm³/mol. The number of nitrogens with zero attached hydrogens (tertiary/aromatic N) is 1. The van der Waals surface area contributed by atoms with Crippen molar-refractivity contribution in [1.82, 2.24) is 4.98 Å². The van der Waals surface area contributed by atoms with Gasteiger partial charge in [-0.05, 0) is 63.0 Å². The summed E-state index contributed by atoms with van der Waals surface area (Å²) in [4.78, 5) is 4.44. The number of aromatic nitrogens is 1. The monoisotopic (exact) mass is 370 g/mol. The highest BCUT2D eigenvalue weighted by Crippen LogP contribution is 2.29. The lowest BCUT2D eigenvalue weighted by atomic mass is 10.3. The number of nitrogens with one attached hydrogen (secondary N) is 1. The van der Waals surface area contributed by atoms with E-state index < -0.39 is 0 Å². The van der Waals surface area contributed by atoms with Crippen molar-refractivity contribution < 1.29 is 4.74 Å². The van der Waals surface area contributed by atoms with Crippen LogP contribution in [-0.2, 0) is 0 Å². The molecule has 18 heavy (non-hydrogen) atoms. The van der Waals surface area contributed by atoms with Crippen LogP contribution in [0, 0.1) is 6.92 Å². The third-order valence-corrected chi connectivity index (χ3v) is 3.94. The molecule has 5 heteroatoms. The van der Waals surface area contributed by atoms with Gasteiger partial charge in [0.25, 0.3) is 0 Å². The van der Waals surface area contributed by atoms with Gasteiger partial charge in [-0.25, -0.2) is 4.98 Å². The molecular formula is C13H12Br2N2O. The van der Waals surface area contributed by atoms with Crippen molar-refractivity contribution in [3.8, 4) is 5.75 Å². The first-order chi connectivity index (χ1) is 8.60. The van der Waals surface area contributed by atoms with Crippen molar-refractivity contribution in [2.45, 2.75) is 6.92 Å². The van der Waals surface area contributed by atoms with Gasteiger partial charge in [-0.3, -0.25) is 0 Å². The van der Waals surface area contributed by atoms with Gasteiger partial charge in [-0.15, -0.1) is 0 Å². The molecule has 0 atom stereocenters. The molecule has 0 unspecified atom stereocenters. The molecule has 0 amide bonds. The molecule has 0 spiro atoms. The van der Waals surface area contributed by atoms with Gasteiger partial charge in [-0.2, -0.15) is 0 Å². The van der Waals surface area contributed by atoms with Crippen LogP contribution in [0.2, 0.25) is 0 Å². The maximum Gasteiger partial charge on any atom is 0.135 e. The van der Waals surface area contributed by atoms with E-state index in [1.165, 1.54) is 0 Å². The van der Waals surface area contributed by atoms with Crippen LogP contribution in [0.1, 0.15) is 5.69 Å². The van der Waals surface area contributed by atoms with Crippen LogP contribution in [0.25, 0.3) is 0 Å². The van der Waals surface area contributed by atoms with E-state index in [1.807, 2.05) is 37.3 Å². The molecule has 2 rings (SSSR count). The lowest BCUT2D eigenvalue weighted by Gasteiger charge is -2.09. The number of methoxy groups -OCH3 is 1. The number of ether oxygens (including phenoxy) is 1. The van der Waals surface area contributed by atoms with Crippen molar-refractivity contribution in [2.24, 2.45) is 0 Å². The third-order valence-electron chi connectivity index (χ3n) is 2.44. The summed E-state index contributed by atoms with van der Waals surface area (Å²) in [6, 6.07) is 9.72.